The number of aryl methyl sites for hydroxylation is 1. The fraction of sp³-hybridized carbons (Fsp3) is 0.333. The Morgan fingerprint density at radius 2 is 2.00 bits per heavy atom. The highest BCUT2D eigenvalue weighted by Gasteiger charge is 2.11. The summed E-state index contributed by atoms with van der Waals surface area (Å²) >= 11 is 5.79. The van der Waals surface area contributed by atoms with E-state index in [1.54, 1.807) is 7.11 Å². The summed E-state index contributed by atoms with van der Waals surface area (Å²) < 4.78 is 13.5. The molecule has 0 bridgehead atoms. The third-order valence-corrected chi connectivity index (χ3v) is 4.71. The van der Waals surface area contributed by atoms with E-state index < -0.39 is 0 Å². The third kappa shape index (κ3) is 5.01. The molecule has 0 amide bonds. The molecule has 0 unspecified atom stereocenters. The van der Waals surface area contributed by atoms with Crippen molar-refractivity contribution in [3.8, 4) is 11.5 Å². The Kier molecular flexibility index (Phi) is 7.02. The van der Waals surface area contributed by atoms with E-state index in [1.165, 1.54) is 5.56 Å². The second-order valence-corrected chi connectivity index (χ2v) is 7.35. The number of ether oxygens (including phenoxy) is 2. The van der Waals surface area contributed by atoms with Crippen LogP contribution in [0.5, 0.6) is 11.5 Å². The van der Waals surface area contributed by atoms with Gasteiger partial charge in [-0.1, -0.05) is 22.9 Å². The summed E-state index contributed by atoms with van der Waals surface area (Å²) in [6.07, 6.45) is 0.978. The number of hydrogen-bond donors (Lipinski definition) is 1. The maximum Gasteiger partial charge on any atom is 0.174 e. The number of rotatable bonds is 7. The van der Waals surface area contributed by atoms with Crippen LogP contribution >= 0.6 is 38.5 Å². The van der Waals surface area contributed by atoms with Gasteiger partial charge in [0.1, 0.15) is 0 Å². The highest BCUT2D eigenvalue weighted by Crippen LogP contribution is 2.34. The Balaban J connectivity index is 2.15. The maximum absolute atomic E-state index is 5.80. The van der Waals surface area contributed by atoms with E-state index in [0.717, 1.165) is 43.8 Å². The lowest BCUT2D eigenvalue weighted by molar-refractivity contribution is 0.292. The van der Waals surface area contributed by atoms with Crippen molar-refractivity contribution in [1.82, 2.24) is 0 Å². The SMILES string of the molecule is CCCOc1c(I)cc(CNc2ccc(Br)cc2C)cc1OC. The molecule has 0 aliphatic heterocycles. The van der Waals surface area contributed by atoms with E-state index in [2.05, 4.69) is 75.9 Å². The van der Waals surface area contributed by atoms with Crippen LogP contribution < -0.4 is 14.8 Å². The maximum atomic E-state index is 5.80. The molecule has 5 heteroatoms. The molecule has 0 aromatic heterocycles. The van der Waals surface area contributed by atoms with E-state index >= 15 is 0 Å². The van der Waals surface area contributed by atoms with Crippen LogP contribution in [0.4, 0.5) is 5.69 Å². The lowest BCUT2D eigenvalue weighted by Crippen LogP contribution is -2.04. The van der Waals surface area contributed by atoms with Gasteiger partial charge in [0.25, 0.3) is 0 Å². The first-order valence-corrected chi connectivity index (χ1v) is 9.41. The molecule has 0 heterocycles. The Morgan fingerprint density at radius 1 is 1.22 bits per heavy atom. The van der Waals surface area contributed by atoms with Crippen molar-refractivity contribution in [3.63, 3.8) is 0 Å². The van der Waals surface area contributed by atoms with Gasteiger partial charge in [0.05, 0.1) is 17.3 Å². The van der Waals surface area contributed by atoms with Crippen molar-refractivity contribution in [3.05, 3.63) is 49.5 Å². The van der Waals surface area contributed by atoms with Crippen LogP contribution in [-0.2, 0) is 6.54 Å². The van der Waals surface area contributed by atoms with Crippen molar-refractivity contribution in [1.29, 1.82) is 0 Å². The smallest absolute Gasteiger partial charge is 0.174 e. The molecule has 0 aliphatic rings. The zero-order chi connectivity index (χ0) is 16.8. The van der Waals surface area contributed by atoms with Gasteiger partial charge >= 0.3 is 0 Å². The molecule has 0 spiro atoms. The zero-order valence-electron chi connectivity index (χ0n) is 13.6. The second kappa shape index (κ2) is 8.78. The van der Waals surface area contributed by atoms with Crippen LogP contribution in [0.3, 0.4) is 0 Å². The highest BCUT2D eigenvalue weighted by atomic mass is 127. The lowest BCUT2D eigenvalue weighted by Gasteiger charge is -2.15. The fourth-order valence-electron chi connectivity index (χ4n) is 2.24. The molecule has 3 nitrogen and oxygen atoms in total. The molecule has 0 radical (unpaired) electrons. The number of benzene rings is 2. The number of methoxy groups -OCH3 is 1. The number of hydrogen-bond acceptors (Lipinski definition) is 3. The van der Waals surface area contributed by atoms with Crippen LogP contribution in [-0.4, -0.2) is 13.7 Å². The van der Waals surface area contributed by atoms with Gasteiger partial charge in [0.15, 0.2) is 11.5 Å². The molecule has 0 atom stereocenters. The van der Waals surface area contributed by atoms with E-state index in [-0.39, 0.29) is 0 Å². The van der Waals surface area contributed by atoms with Gasteiger partial charge in [0, 0.05) is 16.7 Å². The predicted octanol–water partition coefficient (Wildman–Crippen LogP) is 5.77. The minimum atomic E-state index is 0.696. The van der Waals surface area contributed by atoms with Crippen molar-refractivity contribution >= 4 is 44.2 Å². The summed E-state index contributed by atoms with van der Waals surface area (Å²) in [4.78, 5) is 0. The highest BCUT2D eigenvalue weighted by molar-refractivity contribution is 14.1. The van der Waals surface area contributed by atoms with E-state index in [1.807, 2.05) is 12.1 Å². The largest absolute Gasteiger partial charge is 0.493 e. The molecule has 2 rings (SSSR count). The van der Waals surface area contributed by atoms with E-state index in [9.17, 15) is 0 Å². The molecule has 0 aliphatic carbocycles. The van der Waals surface area contributed by atoms with E-state index in [4.69, 9.17) is 9.47 Å². The topological polar surface area (TPSA) is 30.5 Å². The normalized spacial score (nSPS) is 10.5. The standard InChI is InChI=1S/C18H21BrINO2/c1-4-7-23-18-15(20)9-13(10-17(18)22-3)11-21-16-6-5-14(19)8-12(16)2/h5-6,8-10,21H,4,7,11H2,1-3H3. The number of halogens is 2. The molecular weight excluding hydrogens is 469 g/mol. The van der Waals surface area contributed by atoms with Gasteiger partial charge < -0.3 is 14.8 Å². The minimum Gasteiger partial charge on any atom is -0.493 e. The molecule has 124 valence electrons. The van der Waals surface area contributed by atoms with Crippen LogP contribution in [0, 0.1) is 10.5 Å². The summed E-state index contributed by atoms with van der Waals surface area (Å²) in [6.45, 7) is 5.63. The van der Waals surface area contributed by atoms with Gasteiger partial charge in [-0.15, -0.1) is 0 Å². The third-order valence-electron chi connectivity index (χ3n) is 3.41. The van der Waals surface area contributed by atoms with Crippen LogP contribution in [0.25, 0.3) is 0 Å². The minimum absolute atomic E-state index is 0.696. The number of anilines is 1. The average molecular weight is 490 g/mol. The summed E-state index contributed by atoms with van der Waals surface area (Å²) in [5.41, 5.74) is 3.51. The van der Waals surface area contributed by atoms with Gasteiger partial charge in [-0.05, 0) is 77.4 Å². The van der Waals surface area contributed by atoms with E-state index in [0.29, 0.717) is 6.61 Å². The second-order valence-electron chi connectivity index (χ2n) is 5.27. The van der Waals surface area contributed by atoms with Gasteiger partial charge in [0.2, 0.25) is 0 Å². The van der Waals surface area contributed by atoms with Crippen molar-refractivity contribution in [2.45, 2.75) is 26.8 Å². The predicted molar refractivity (Wildman–Crippen MR) is 108 cm³/mol. The summed E-state index contributed by atoms with van der Waals surface area (Å²) in [5.74, 6) is 1.62. The van der Waals surface area contributed by atoms with Gasteiger partial charge in [-0.2, -0.15) is 0 Å². The summed E-state index contributed by atoms with van der Waals surface area (Å²) in [6, 6.07) is 10.4. The van der Waals surface area contributed by atoms with Crippen molar-refractivity contribution < 1.29 is 9.47 Å². The molecule has 0 fully saturated rings. The summed E-state index contributed by atoms with van der Waals surface area (Å²) in [5, 5.41) is 3.48. The zero-order valence-corrected chi connectivity index (χ0v) is 17.3. The Morgan fingerprint density at radius 3 is 2.65 bits per heavy atom. The molecule has 2 aromatic rings. The Labute approximate surface area is 160 Å². The van der Waals surface area contributed by atoms with Crippen molar-refractivity contribution in [2.75, 3.05) is 19.0 Å². The van der Waals surface area contributed by atoms with Crippen LogP contribution in [0.1, 0.15) is 24.5 Å². The van der Waals surface area contributed by atoms with Crippen molar-refractivity contribution in [2.24, 2.45) is 0 Å². The monoisotopic (exact) mass is 489 g/mol. The molecule has 1 N–H and O–H groups in total. The summed E-state index contributed by atoms with van der Waals surface area (Å²) in [7, 11) is 1.68. The fourth-order valence-corrected chi connectivity index (χ4v) is 3.54. The Bertz CT molecular complexity index is 676. The molecule has 0 saturated heterocycles. The molecule has 23 heavy (non-hydrogen) atoms. The van der Waals surface area contributed by atoms with Gasteiger partial charge in [-0.3, -0.25) is 0 Å². The average Bonchev–Trinajstić information content (AvgIpc) is 2.52. The Hall–Kier alpha value is -0.950. The first-order valence-electron chi connectivity index (χ1n) is 7.54. The molecule has 2 aromatic carbocycles. The first kappa shape index (κ1) is 18.4. The van der Waals surface area contributed by atoms with Crippen LogP contribution in [0.15, 0.2) is 34.8 Å². The lowest BCUT2D eigenvalue weighted by atomic mass is 10.1. The number of nitrogens with one attached hydrogen (secondary N) is 1. The first-order chi connectivity index (χ1) is 11.0. The molecular formula is C18H21BrINO2. The van der Waals surface area contributed by atoms with Gasteiger partial charge in [-0.25, -0.2) is 0 Å². The van der Waals surface area contributed by atoms with Crippen LogP contribution in [0.2, 0.25) is 0 Å². The molecule has 0 saturated carbocycles. The quantitative estimate of drug-likeness (QED) is 0.500.